The van der Waals surface area contributed by atoms with Crippen molar-refractivity contribution in [3.63, 3.8) is 0 Å². The maximum atomic E-state index is 13.9. The van der Waals surface area contributed by atoms with Gasteiger partial charge in [0.1, 0.15) is 5.82 Å². The number of carbonyl (C=O) groups is 1. The van der Waals surface area contributed by atoms with Gasteiger partial charge in [-0.05, 0) is 36.2 Å². The molecular weight excluding hydrogens is 351 g/mol. The van der Waals surface area contributed by atoms with Gasteiger partial charge < -0.3 is 10.3 Å². The number of hydrogen-bond acceptors (Lipinski definition) is 3. The molecular formula is C20H19FN2O2S. The fraction of sp³-hybridized carbons (Fsp3) is 0.200. The van der Waals surface area contributed by atoms with E-state index in [-0.39, 0.29) is 22.6 Å². The highest BCUT2D eigenvalue weighted by Crippen LogP contribution is 2.16. The summed E-state index contributed by atoms with van der Waals surface area (Å²) in [6.07, 6.45) is 0.953. The second-order valence-electron chi connectivity index (χ2n) is 5.91. The van der Waals surface area contributed by atoms with Gasteiger partial charge in [0.05, 0.1) is 11.3 Å². The molecule has 0 unspecified atom stereocenters. The summed E-state index contributed by atoms with van der Waals surface area (Å²) >= 11 is 1.36. The standard InChI is InChI=1S/C20H19FN2O2S/c1-2-13-6-8-14(9-7-13)22-19(25)12-26-11-15-10-18(24)16-4-3-5-17(21)20(16)23-15/h3-10H,2,11-12H2,1H3,(H,22,25)(H,23,24). The molecule has 0 atom stereocenters. The van der Waals surface area contributed by atoms with Crippen molar-refractivity contribution in [3.05, 3.63) is 75.8 Å². The fourth-order valence-corrected chi connectivity index (χ4v) is 3.38. The smallest absolute Gasteiger partial charge is 0.234 e. The second-order valence-corrected chi connectivity index (χ2v) is 6.90. The van der Waals surface area contributed by atoms with Crippen molar-refractivity contribution < 1.29 is 9.18 Å². The van der Waals surface area contributed by atoms with Crippen LogP contribution in [-0.2, 0) is 17.0 Å². The lowest BCUT2D eigenvalue weighted by Gasteiger charge is -2.07. The van der Waals surface area contributed by atoms with Gasteiger partial charge in [-0.25, -0.2) is 4.39 Å². The van der Waals surface area contributed by atoms with Gasteiger partial charge in [0.25, 0.3) is 0 Å². The second kappa shape index (κ2) is 8.19. The molecule has 26 heavy (non-hydrogen) atoms. The van der Waals surface area contributed by atoms with Crippen LogP contribution in [0.4, 0.5) is 10.1 Å². The summed E-state index contributed by atoms with van der Waals surface area (Å²) in [5, 5.41) is 3.16. The van der Waals surface area contributed by atoms with Gasteiger partial charge in [-0.3, -0.25) is 9.59 Å². The highest BCUT2D eigenvalue weighted by molar-refractivity contribution is 7.99. The van der Waals surface area contributed by atoms with Crippen molar-refractivity contribution in [1.82, 2.24) is 4.98 Å². The first-order valence-electron chi connectivity index (χ1n) is 8.34. The number of para-hydroxylation sites is 1. The molecule has 4 nitrogen and oxygen atoms in total. The van der Waals surface area contributed by atoms with E-state index in [9.17, 15) is 14.0 Å². The van der Waals surface area contributed by atoms with Gasteiger partial charge in [0.2, 0.25) is 5.91 Å². The fourth-order valence-electron chi connectivity index (χ4n) is 2.64. The Hall–Kier alpha value is -2.60. The topological polar surface area (TPSA) is 62.0 Å². The summed E-state index contributed by atoms with van der Waals surface area (Å²) in [4.78, 5) is 27.0. The molecule has 1 amide bonds. The van der Waals surface area contributed by atoms with Gasteiger partial charge in [-0.2, -0.15) is 0 Å². The first-order valence-corrected chi connectivity index (χ1v) is 9.49. The molecule has 2 aromatic carbocycles. The molecule has 6 heteroatoms. The predicted molar refractivity (Wildman–Crippen MR) is 105 cm³/mol. The molecule has 0 saturated carbocycles. The Labute approximate surface area is 154 Å². The summed E-state index contributed by atoms with van der Waals surface area (Å²) in [5.41, 5.74) is 2.54. The van der Waals surface area contributed by atoms with Crippen molar-refractivity contribution in [2.75, 3.05) is 11.1 Å². The van der Waals surface area contributed by atoms with Crippen molar-refractivity contribution >= 4 is 34.3 Å². The monoisotopic (exact) mass is 370 g/mol. The van der Waals surface area contributed by atoms with E-state index in [0.29, 0.717) is 16.8 Å². The number of aromatic amines is 1. The lowest BCUT2D eigenvalue weighted by Crippen LogP contribution is -2.14. The number of carbonyl (C=O) groups excluding carboxylic acids is 1. The van der Waals surface area contributed by atoms with E-state index in [2.05, 4.69) is 17.2 Å². The lowest BCUT2D eigenvalue weighted by molar-refractivity contribution is -0.113. The van der Waals surface area contributed by atoms with Crippen molar-refractivity contribution in [1.29, 1.82) is 0 Å². The Kier molecular flexibility index (Phi) is 5.73. The predicted octanol–water partition coefficient (Wildman–Crippen LogP) is 4.10. The van der Waals surface area contributed by atoms with Crippen molar-refractivity contribution in [3.8, 4) is 0 Å². The molecule has 0 radical (unpaired) electrons. The number of amides is 1. The molecule has 1 heterocycles. The summed E-state index contributed by atoms with van der Waals surface area (Å²) < 4.78 is 13.9. The average molecular weight is 370 g/mol. The van der Waals surface area contributed by atoms with Gasteiger partial charge in [0, 0.05) is 28.6 Å². The van der Waals surface area contributed by atoms with Crippen LogP contribution in [0.15, 0.2) is 53.3 Å². The SMILES string of the molecule is CCc1ccc(NC(=O)CSCc2cc(=O)c3cccc(F)c3[nH]2)cc1. The summed E-state index contributed by atoms with van der Waals surface area (Å²) in [5.74, 6) is 0.0856. The molecule has 0 bridgehead atoms. The zero-order valence-electron chi connectivity index (χ0n) is 14.3. The first-order chi connectivity index (χ1) is 12.6. The molecule has 134 valence electrons. The van der Waals surface area contributed by atoms with E-state index < -0.39 is 5.82 Å². The molecule has 3 aromatic rings. The molecule has 0 saturated heterocycles. The number of aromatic nitrogens is 1. The third-order valence-electron chi connectivity index (χ3n) is 4.01. The lowest BCUT2D eigenvalue weighted by atomic mass is 10.1. The minimum absolute atomic E-state index is 0.117. The number of thioether (sulfide) groups is 1. The average Bonchev–Trinajstić information content (AvgIpc) is 2.63. The molecule has 2 N–H and O–H groups in total. The Morgan fingerprint density at radius 1 is 1.19 bits per heavy atom. The van der Waals surface area contributed by atoms with Crippen LogP contribution in [0, 0.1) is 5.82 Å². The third kappa shape index (κ3) is 4.32. The number of benzene rings is 2. The number of rotatable bonds is 6. The molecule has 0 aliphatic rings. The normalized spacial score (nSPS) is 10.8. The van der Waals surface area contributed by atoms with Gasteiger partial charge in [-0.15, -0.1) is 11.8 Å². The molecule has 0 fully saturated rings. The minimum Gasteiger partial charge on any atom is -0.355 e. The number of nitrogens with one attached hydrogen (secondary N) is 2. The van der Waals surface area contributed by atoms with Crippen LogP contribution < -0.4 is 10.7 Å². The van der Waals surface area contributed by atoms with E-state index in [1.165, 1.54) is 35.5 Å². The number of pyridine rings is 1. The highest BCUT2D eigenvalue weighted by Gasteiger charge is 2.08. The van der Waals surface area contributed by atoms with Gasteiger partial charge >= 0.3 is 0 Å². The van der Waals surface area contributed by atoms with Crippen LogP contribution >= 0.6 is 11.8 Å². The van der Waals surface area contributed by atoms with E-state index in [1.54, 1.807) is 6.07 Å². The maximum absolute atomic E-state index is 13.9. The summed E-state index contributed by atoms with van der Waals surface area (Å²) in [6, 6.07) is 13.6. The van der Waals surface area contributed by atoms with Crippen LogP contribution in [0.2, 0.25) is 0 Å². The van der Waals surface area contributed by atoms with E-state index in [4.69, 9.17) is 0 Å². The zero-order chi connectivity index (χ0) is 18.5. The summed E-state index contributed by atoms with van der Waals surface area (Å²) in [6.45, 7) is 2.08. The highest BCUT2D eigenvalue weighted by atomic mass is 32.2. The first kappa shape index (κ1) is 18.2. The molecule has 3 rings (SSSR count). The number of fused-ring (bicyclic) bond motifs is 1. The van der Waals surface area contributed by atoms with E-state index in [0.717, 1.165) is 12.1 Å². The molecule has 0 spiro atoms. The largest absolute Gasteiger partial charge is 0.355 e. The Bertz CT molecular complexity index is 983. The minimum atomic E-state index is -0.459. The van der Waals surface area contributed by atoms with Gasteiger partial charge in [0.15, 0.2) is 5.43 Å². The van der Waals surface area contributed by atoms with Crippen LogP contribution in [0.3, 0.4) is 0 Å². The molecule has 1 aromatic heterocycles. The van der Waals surface area contributed by atoms with E-state index >= 15 is 0 Å². The number of hydrogen-bond donors (Lipinski definition) is 2. The van der Waals surface area contributed by atoms with Crippen LogP contribution in [-0.4, -0.2) is 16.6 Å². The number of anilines is 1. The Morgan fingerprint density at radius 2 is 1.96 bits per heavy atom. The van der Waals surface area contributed by atoms with Crippen LogP contribution in [0.1, 0.15) is 18.2 Å². The molecule has 0 aliphatic heterocycles. The zero-order valence-corrected chi connectivity index (χ0v) is 15.2. The number of halogens is 1. The summed E-state index contributed by atoms with van der Waals surface area (Å²) in [7, 11) is 0. The quantitative estimate of drug-likeness (QED) is 0.687. The van der Waals surface area contributed by atoms with Gasteiger partial charge in [-0.1, -0.05) is 25.1 Å². The van der Waals surface area contributed by atoms with Crippen LogP contribution in [0.25, 0.3) is 10.9 Å². The van der Waals surface area contributed by atoms with E-state index in [1.807, 2.05) is 24.3 Å². The Morgan fingerprint density at radius 3 is 2.69 bits per heavy atom. The van der Waals surface area contributed by atoms with Crippen LogP contribution in [0.5, 0.6) is 0 Å². The van der Waals surface area contributed by atoms with Crippen molar-refractivity contribution in [2.45, 2.75) is 19.1 Å². The molecule has 0 aliphatic carbocycles. The Balaban J connectivity index is 1.59. The third-order valence-corrected chi connectivity index (χ3v) is 4.99. The maximum Gasteiger partial charge on any atom is 0.234 e. The number of H-pyrrole nitrogens is 1. The number of aryl methyl sites for hydroxylation is 1. The van der Waals surface area contributed by atoms with Crippen molar-refractivity contribution in [2.24, 2.45) is 0 Å².